The highest BCUT2D eigenvalue weighted by Gasteiger charge is 2.31. The number of H-pyrrole nitrogens is 1. The summed E-state index contributed by atoms with van der Waals surface area (Å²) in [5, 5.41) is 18.8. The zero-order valence-corrected chi connectivity index (χ0v) is 25.2. The smallest absolute Gasteiger partial charge is 0.326 e. The van der Waals surface area contributed by atoms with Crippen LogP contribution in [-0.2, 0) is 25.6 Å². The van der Waals surface area contributed by atoms with E-state index in [0.717, 1.165) is 16.5 Å². The van der Waals surface area contributed by atoms with Crippen molar-refractivity contribution < 1.29 is 24.3 Å². The Morgan fingerprint density at radius 2 is 1.62 bits per heavy atom. The van der Waals surface area contributed by atoms with Crippen LogP contribution in [0.4, 0.5) is 0 Å². The monoisotopic (exact) mass is 604 g/mol. The number of carbonyl (C=O) groups is 4. The molecular weight excluding hydrogens is 560 g/mol. The van der Waals surface area contributed by atoms with Gasteiger partial charge in [0.1, 0.15) is 18.1 Å². The first-order valence-corrected chi connectivity index (χ1v) is 15.3. The van der Waals surface area contributed by atoms with Gasteiger partial charge in [-0.3, -0.25) is 19.4 Å². The second-order valence-electron chi connectivity index (χ2n) is 10.6. The van der Waals surface area contributed by atoms with Crippen LogP contribution >= 0.6 is 11.8 Å². The van der Waals surface area contributed by atoms with E-state index < -0.39 is 47.9 Å². The molecule has 2 aromatic rings. The van der Waals surface area contributed by atoms with Crippen molar-refractivity contribution >= 4 is 52.3 Å². The van der Waals surface area contributed by atoms with E-state index in [1.54, 1.807) is 6.20 Å². The van der Waals surface area contributed by atoms with Gasteiger partial charge in [0.2, 0.25) is 17.7 Å². The van der Waals surface area contributed by atoms with Crippen LogP contribution in [0.25, 0.3) is 10.9 Å². The lowest BCUT2D eigenvalue weighted by Crippen LogP contribution is -2.57. The number of nitrogens with two attached hydrogens (primary N) is 3. The number of aromatic amines is 1. The van der Waals surface area contributed by atoms with Crippen molar-refractivity contribution in [2.75, 3.05) is 18.6 Å². The summed E-state index contributed by atoms with van der Waals surface area (Å²) in [6.07, 6.45) is 5.03. The highest BCUT2D eigenvalue weighted by atomic mass is 32.2. The summed E-state index contributed by atoms with van der Waals surface area (Å²) in [6, 6.07) is 3.45. The summed E-state index contributed by atoms with van der Waals surface area (Å²) in [6.45, 7) is 4.10. The molecule has 0 aliphatic heterocycles. The van der Waals surface area contributed by atoms with Crippen molar-refractivity contribution in [2.24, 2.45) is 28.1 Å². The maximum Gasteiger partial charge on any atom is 0.326 e. The molecule has 0 fully saturated rings. The summed E-state index contributed by atoms with van der Waals surface area (Å²) < 4.78 is 0. The predicted molar refractivity (Wildman–Crippen MR) is 166 cm³/mol. The van der Waals surface area contributed by atoms with Crippen LogP contribution in [-0.4, -0.2) is 82.5 Å². The molecule has 0 bridgehead atoms. The maximum absolute atomic E-state index is 13.3. The van der Waals surface area contributed by atoms with E-state index in [9.17, 15) is 24.3 Å². The molecule has 0 saturated carbocycles. The van der Waals surface area contributed by atoms with Crippen LogP contribution in [0.15, 0.2) is 35.5 Å². The maximum atomic E-state index is 13.3. The number of carboxylic acid groups (broad SMARTS) is 1. The fourth-order valence-electron chi connectivity index (χ4n) is 4.40. The molecule has 0 aliphatic rings. The number of guanidine groups is 1. The van der Waals surface area contributed by atoms with Crippen molar-refractivity contribution in [3.05, 3.63) is 36.0 Å². The molecule has 0 spiro atoms. The molecule has 0 saturated heterocycles. The van der Waals surface area contributed by atoms with Crippen molar-refractivity contribution in [3.8, 4) is 0 Å². The van der Waals surface area contributed by atoms with Gasteiger partial charge in [-0.05, 0) is 55.2 Å². The minimum atomic E-state index is -1.22. The molecule has 1 heterocycles. The van der Waals surface area contributed by atoms with Gasteiger partial charge in [-0.15, -0.1) is 0 Å². The summed E-state index contributed by atoms with van der Waals surface area (Å²) in [5.41, 5.74) is 18.2. The lowest BCUT2D eigenvalue weighted by atomic mass is 10.0. The van der Waals surface area contributed by atoms with Crippen molar-refractivity contribution in [1.29, 1.82) is 0 Å². The highest BCUT2D eigenvalue weighted by molar-refractivity contribution is 7.98. The van der Waals surface area contributed by atoms with Gasteiger partial charge in [0.15, 0.2) is 5.96 Å². The largest absolute Gasteiger partial charge is 0.480 e. The molecule has 4 atom stereocenters. The van der Waals surface area contributed by atoms with Crippen LogP contribution < -0.4 is 33.2 Å². The average Bonchev–Trinajstić information content (AvgIpc) is 3.34. The molecule has 2 rings (SSSR count). The molecule has 13 nitrogen and oxygen atoms in total. The van der Waals surface area contributed by atoms with Crippen LogP contribution in [0, 0.1) is 5.92 Å². The highest BCUT2D eigenvalue weighted by Crippen LogP contribution is 2.19. The van der Waals surface area contributed by atoms with Gasteiger partial charge >= 0.3 is 5.97 Å². The van der Waals surface area contributed by atoms with E-state index in [1.807, 2.05) is 44.4 Å². The molecule has 42 heavy (non-hydrogen) atoms. The molecule has 0 aliphatic carbocycles. The number of nitrogens with zero attached hydrogens (tertiary/aromatic N) is 1. The van der Waals surface area contributed by atoms with E-state index in [2.05, 4.69) is 25.9 Å². The topological polar surface area (TPSA) is 231 Å². The Hall–Kier alpha value is -3.78. The van der Waals surface area contributed by atoms with E-state index in [0.29, 0.717) is 31.6 Å². The van der Waals surface area contributed by atoms with Gasteiger partial charge in [-0.2, -0.15) is 11.8 Å². The number of nitrogens with one attached hydrogen (secondary N) is 4. The summed E-state index contributed by atoms with van der Waals surface area (Å²) in [4.78, 5) is 58.5. The van der Waals surface area contributed by atoms with Crippen molar-refractivity contribution in [1.82, 2.24) is 20.9 Å². The van der Waals surface area contributed by atoms with Gasteiger partial charge in [0.05, 0.1) is 6.04 Å². The molecule has 232 valence electrons. The molecule has 3 amide bonds. The number of amides is 3. The number of carboxylic acids is 1. The standard InChI is InChI=1S/C28H44N8O5S/c1-16(2)13-22(26(39)36-23(27(40)41)14-17-15-33-20-9-5-4-7-18(17)20)35-25(38)21(10-12-42-3)34-24(37)19(29)8-6-11-32-28(30)31/h4-5,7,9,15-16,19,21-23,33H,6,8,10-14,29H2,1-3H3,(H,34,37)(H,35,38)(H,36,39)(H,40,41)(H4,30,31,32). The minimum absolute atomic E-state index is 0.0100. The Balaban J connectivity index is 2.11. The third-order valence-electron chi connectivity index (χ3n) is 6.60. The van der Waals surface area contributed by atoms with Gasteiger partial charge in [0, 0.05) is 30.1 Å². The van der Waals surface area contributed by atoms with Crippen LogP contribution in [0.3, 0.4) is 0 Å². The number of thioether (sulfide) groups is 1. The minimum Gasteiger partial charge on any atom is -0.480 e. The Morgan fingerprint density at radius 3 is 2.26 bits per heavy atom. The molecule has 1 aromatic carbocycles. The van der Waals surface area contributed by atoms with Crippen LogP contribution in [0.5, 0.6) is 0 Å². The summed E-state index contributed by atoms with van der Waals surface area (Å²) >= 11 is 1.50. The zero-order valence-electron chi connectivity index (χ0n) is 24.4. The van der Waals surface area contributed by atoms with Gasteiger partial charge in [-0.1, -0.05) is 32.0 Å². The number of benzene rings is 1. The lowest BCUT2D eigenvalue weighted by molar-refractivity contribution is -0.142. The Bertz CT molecular complexity index is 1230. The van der Waals surface area contributed by atoms with Crippen LogP contribution in [0.1, 0.15) is 45.1 Å². The number of rotatable bonds is 18. The third-order valence-corrected chi connectivity index (χ3v) is 7.25. The van der Waals surface area contributed by atoms with E-state index in [1.165, 1.54) is 11.8 Å². The van der Waals surface area contributed by atoms with Gasteiger partial charge < -0.3 is 43.2 Å². The Labute approximate surface area is 250 Å². The number of fused-ring (bicyclic) bond motifs is 1. The zero-order chi connectivity index (χ0) is 31.2. The molecule has 0 radical (unpaired) electrons. The van der Waals surface area contributed by atoms with Gasteiger partial charge in [-0.25, -0.2) is 4.79 Å². The van der Waals surface area contributed by atoms with Gasteiger partial charge in [0.25, 0.3) is 0 Å². The van der Waals surface area contributed by atoms with E-state index >= 15 is 0 Å². The summed E-state index contributed by atoms with van der Waals surface area (Å²) in [7, 11) is 0. The quantitative estimate of drug-likeness (QED) is 0.0669. The molecule has 11 N–H and O–H groups in total. The fraction of sp³-hybridized carbons (Fsp3) is 0.536. The Morgan fingerprint density at radius 1 is 0.976 bits per heavy atom. The second-order valence-corrected chi connectivity index (χ2v) is 11.5. The SMILES string of the molecule is CSCCC(NC(=O)C(N)CCCN=C(N)N)C(=O)NC(CC(C)C)C(=O)NC(Cc1c[nH]c2ccccc12)C(=O)O. The van der Waals surface area contributed by atoms with E-state index in [4.69, 9.17) is 17.2 Å². The van der Waals surface area contributed by atoms with Crippen LogP contribution in [0.2, 0.25) is 0 Å². The first-order valence-electron chi connectivity index (χ1n) is 13.9. The average molecular weight is 605 g/mol. The number of hydrogen-bond acceptors (Lipinski definition) is 7. The second kappa shape index (κ2) is 17.2. The molecule has 14 heteroatoms. The fourth-order valence-corrected chi connectivity index (χ4v) is 4.87. The molecule has 1 aromatic heterocycles. The lowest BCUT2D eigenvalue weighted by Gasteiger charge is -2.26. The number of aliphatic imine (C=N–C) groups is 1. The normalized spacial score (nSPS) is 14.0. The predicted octanol–water partition coefficient (Wildman–Crippen LogP) is 0.430. The van der Waals surface area contributed by atoms with Crippen molar-refractivity contribution in [2.45, 2.75) is 70.1 Å². The number of carbonyl (C=O) groups excluding carboxylic acids is 3. The molecule has 4 unspecified atom stereocenters. The van der Waals surface area contributed by atoms with E-state index in [-0.39, 0.29) is 24.7 Å². The third kappa shape index (κ3) is 11.2. The number of para-hydroxylation sites is 1. The Kier molecular flexibility index (Phi) is 14.1. The first kappa shape index (κ1) is 34.4. The first-order chi connectivity index (χ1) is 19.9. The number of aliphatic carboxylic acids is 1. The number of hydrogen-bond donors (Lipinski definition) is 8. The number of aromatic nitrogens is 1. The summed E-state index contributed by atoms with van der Waals surface area (Å²) in [5.74, 6) is -2.32. The van der Waals surface area contributed by atoms with Crippen molar-refractivity contribution in [3.63, 3.8) is 0 Å². The molecular formula is C28H44N8O5S.